The predicted molar refractivity (Wildman–Crippen MR) is 70.9 cm³/mol. The van der Waals surface area contributed by atoms with E-state index in [1.54, 1.807) is 16.8 Å². The van der Waals surface area contributed by atoms with Crippen LogP contribution in [0, 0.1) is 0 Å². The van der Waals surface area contributed by atoms with Gasteiger partial charge >= 0.3 is 0 Å². The maximum absolute atomic E-state index is 11.9. The SMILES string of the molecule is CCC(C)(C)NC(=O)C(C)NCc1cncs1. The number of nitrogens with zero attached hydrogens (tertiary/aromatic N) is 1. The largest absolute Gasteiger partial charge is 0.350 e. The van der Waals surface area contributed by atoms with E-state index in [1.165, 1.54) is 0 Å². The quantitative estimate of drug-likeness (QED) is 0.816. The lowest BCUT2D eigenvalue weighted by atomic mass is 10.0. The predicted octanol–water partition coefficient (Wildman–Crippen LogP) is 1.93. The molecule has 0 bridgehead atoms. The number of nitrogens with one attached hydrogen (secondary N) is 2. The molecule has 1 aromatic heterocycles. The van der Waals surface area contributed by atoms with Crippen molar-refractivity contribution in [1.29, 1.82) is 0 Å². The van der Waals surface area contributed by atoms with Gasteiger partial charge in [0, 0.05) is 23.2 Å². The molecule has 1 atom stereocenters. The van der Waals surface area contributed by atoms with Gasteiger partial charge in [-0.25, -0.2) is 0 Å². The Labute approximate surface area is 107 Å². The molecule has 1 heterocycles. The number of thiazole rings is 1. The van der Waals surface area contributed by atoms with Crippen LogP contribution in [-0.2, 0) is 11.3 Å². The van der Waals surface area contributed by atoms with Crippen molar-refractivity contribution in [1.82, 2.24) is 15.6 Å². The number of carbonyl (C=O) groups is 1. The number of carbonyl (C=O) groups excluding carboxylic acids is 1. The van der Waals surface area contributed by atoms with E-state index in [1.807, 2.05) is 27.0 Å². The lowest BCUT2D eigenvalue weighted by Crippen LogP contribution is -2.50. The first-order valence-electron chi connectivity index (χ1n) is 5.87. The van der Waals surface area contributed by atoms with Crippen LogP contribution in [0.3, 0.4) is 0 Å². The van der Waals surface area contributed by atoms with Gasteiger partial charge in [-0.15, -0.1) is 11.3 Å². The highest BCUT2D eigenvalue weighted by Crippen LogP contribution is 2.08. The second kappa shape index (κ2) is 6.12. The molecule has 1 rings (SSSR count). The molecule has 17 heavy (non-hydrogen) atoms. The lowest BCUT2D eigenvalue weighted by molar-refractivity contribution is -0.124. The summed E-state index contributed by atoms with van der Waals surface area (Å²) in [5.41, 5.74) is 1.65. The molecular formula is C12H21N3OS. The van der Waals surface area contributed by atoms with E-state index >= 15 is 0 Å². The average molecular weight is 255 g/mol. The van der Waals surface area contributed by atoms with Crippen LogP contribution < -0.4 is 10.6 Å². The van der Waals surface area contributed by atoms with Crippen molar-refractivity contribution in [2.75, 3.05) is 0 Å². The maximum Gasteiger partial charge on any atom is 0.237 e. The highest BCUT2D eigenvalue weighted by atomic mass is 32.1. The lowest BCUT2D eigenvalue weighted by Gasteiger charge is -2.26. The number of rotatable bonds is 6. The van der Waals surface area contributed by atoms with Gasteiger partial charge in [-0.2, -0.15) is 0 Å². The van der Waals surface area contributed by atoms with Crippen molar-refractivity contribution in [3.05, 3.63) is 16.6 Å². The van der Waals surface area contributed by atoms with Crippen LogP contribution in [0.5, 0.6) is 0 Å². The maximum atomic E-state index is 11.9. The third-order valence-electron chi connectivity index (χ3n) is 2.80. The fourth-order valence-corrected chi connectivity index (χ4v) is 1.75. The second-order valence-electron chi connectivity index (χ2n) is 4.80. The molecule has 1 amide bonds. The van der Waals surface area contributed by atoms with E-state index < -0.39 is 0 Å². The average Bonchev–Trinajstić information content (AvgIpc) is 2.78. The first-order valence-corrected chi connectivity index (χ1v) is 6.75. The third kappa shape index (κ3) is 4.83. The summed E-state index contributed by atoms with van der Waals surface area (Å²) in [4.78, 5) is 17.0. The summed E-state index contributed by atoms with van der Waals surface area (Å²) in [6.45, 7) is 8.69. The van der Waals surface area contributed by atoms with Gasteiger partial charge in [0.2, 0.25) is 5.91 Å². The minimum absolute atomic E-state index is 0.0429. The molecule has 0 aromatic carbocycles. The van der Waals surface area contributed by atoms with E-state index in [2.05, 4.69) is 22.5 Å². The minimum atomic E-state index is -0.192. The smallest absolute Gasteiger partial charge is 0.237 e. The Hall–Kier alpha value is -0.940. The molecule has 0 aliphatic carbocycles. The summed E-state index contributed by atoms with van der Waals surface area (Å²) in [6.07, 6.45) is 2.73. The molecular weight excluding hydrogens is 234 g/mol. The molecule has 0 aliphatic heterocycles. The fourth-order valence-electron chi connectivity index (χ4n) is 1.21. The summed E-state index contributed by atoms with van der Waals surface area (Å²) in [5, 5.41) is 6.21. The molecule has 1 unspecified atom stereocenters. The molecule has 0 spiro atoms. The molecule has 4 nitrogen and oxygen atoms in total. The zero-order chi connectivity index (χ0) is 12.9. The fraction of sp³-hybridized carbons (Fsp3) is 0.667. The standard InChI is InChI=1S/C12H21N3OS/c1-5-12(3,4)15-11(16)9(2)14-7-10-6-13-8-17-10/h6,8-9,14H,5,7H2,1-4H3,(H,15,16). The number of hydrogen-bond donors (Lipinski definition) is 2. The van der Waals surface area contributed by atoms with E-state index in [-0.39, 0.29) is 17.5 Å². The number of aromatic nitrogens is 1. The zero-order valence-corrected chi connectivity index (χ0v) is 11.7. The van der Waals surface area contributed by atoms with Crippen molar-refractivity contribution in [2.24, 2.45) is 0 Å². The molecule has 0 radical (unpaired) electrons. The Morgan fingerprint density at radius 2 is 2.29 bits per heavy atom. The van der Waals surface area contributed by atoms with E-state index in [0.29, 0.717) is 6.54 Å². The molecule has 1 aromatic rings. The van der Waals surface area contributed by atoms with Crippen molar-refractivity contribution in [3.8, 4) is 0 Å². The van der Waals surface area contributed by atoms with Gasteiger partial charge in [-0.1, -0.05) is 6.92 Å². The molecule has 0 aliphatic rings. The van der Waals surface area contributed by atoms with E-state index in [9.17, 15) is 4.79 Å². The van der Waals surface area contributed by atoms with Crippen LogP contribution in [0.15, 0.2) is 11.7 Å². The van der Waals surface area contributed by atoms with Gasteiger partial charge < -0.3 is 10.6 Å². The van der Waals surface area contributed by atoms with Crippen LogP contribution in [0.25, 0.3) is 0 Å². The van der Waals surface area contributed by atoms with Crippen molar-refractivity contribution < 1.29 is 4.79 Å². The highest BCUT2D eigenvalue weighted by Gasteiger charge is 2.21. The number of hydrogen-bond acceptors (Lipinski definition) is 4. The normalized spacial score (nSPS) is 13.4. The summed E-state index contributed by atoms with van der Waals surface area (Å²) in [6, 6.07) is -0.192. The van der Waals surface area contributed by atoms with Crippen molar-refractivity contribution >= 4 is 17.2 Å². The summed E-state index contributed by atoms with van der Waals surface area (Å²) in [5.74, 6) is 0.0429. The zero-order valence-electron chi connectivity index (χ0n) is 10.9. The summed E-state index contributed by atoms with van der Waals surface area (Å²) < 4.78 is 0. The summed E-state index contributed by atoms with van der Waals surface area (Å²) >= 11 is 1.59. The number of amides is 1. The van der Waals surface area contributed by atoms with Gasteiger partial charge in [0.05, 0.1) is 11.6 Å². The van der Waals surface area contributed by atoms with Crippen molar-refractivity contribution in [2.45, 2.75) is 52.2 Å². The first-order chi connectivity index (χ1) is 7.94. The van der Waals surface area contributed by atoms with Crippen LogP contribution in [-0.4, -0.2) is 22.5 Å². The van der Waals surface area contributed by atoms with Gasteiger partial charge in [-0.05, 0) is 27.2 Å². The van der Waals surface area contributed by atoms with Crippen LogP contribution in [0.2, 0.25) is 0 Å². The monoisotopic (exact) mass is 255 g/mol. The van der Waals surface area contributed by atoms with Gasteiger partial charge in [-0.3, -0.25) is 9.78 Å². The van der Waals surface area contributed by atoms with Crippen LogP contribution in [0.1, 0.15) is 39.0 Å². The molecule has 0 saturated carbocycles. The topological polar surface area (TPSA) is 54.0 Å². The Morgan fingerprint density at radius 1 is 1.59 bits per heavy atom. The van der Waals surface area contributed by atoms with Gasteiger partial charge in [0.1, 0.15) is 0 Å². The summed E-state index contributed by atoms with van der Waals surface area (Å²) in [7, 11) is 0. The molecule has 0 saturated heterocycles. The Morgan fingerprint density at radius 3 is 2.82 bits per heavy atom. The third-order valence-corrected chi connectivity index (χ3v) is 3.58. The highest BCUT2D eigenvalue weighted by molar-refractivity contribution is 7.09. The van der Waals surface area contributed by atoms with Gasteiger partial charge in [0.25, 0.3) is 0 Å². The Bertz CT molecular complexity index is 349. The van der Waals surface area contributed by atoms with E-state index in [0.717, 1.165) is 11.3 Å². The van der Waals surface area contributed by atoms with Crippen molar-refractivity contribution in [3.63, 3.8) is 0 Å². The van der Waals surface area contributed by atoms with Gasteiger partial charge in [0.15, 0.2) is 0 Å². The van der Waals surface area contributed by atoms with Crippen LogP contribution >= 0.6 is 11.3 Å². The molecule has 96 valence electrons. The second-order valence-corrected chi connectivity index (χ2v) is 5.77. The minimum Gasteiger partial charge on any atom is -0.350 e. The van der Waals surface area contributed by atoms with E-state index in [4.69, 9.17) is 0 Å². The molecule has 0 fully saturated rings. The van der Waals surface area contributed by atoms with Crippen LogP contribution in [0.4, 0.5) is 0 Å². The first kappa shape index (κ1) is 14.1. The Kier molecular flexibility index (Phi) is 5.08. The molecule has 2 N–H and O–H groups in total. The Balaban J connectivity index is 2.37. The molecule has 5 heteroatoms.